The molecule has 4 heteroatoms. The zero-order valence-electron chi connectivity index (χ0n) is 13.8. The predicted molar refractivity (Wildman–Crippen MR) is 103 cm³/mol. The quantitative estimate of drug-likeness (QED) is 0.598. The van der Waals surface area contributed by atoms with E-state index in [2.05, 4.69) is 38.7 Å². The summed E-state index contributed by atoms with van der Waals surface area (Å²) in [6, 6.07) is 6.88. The number of hydrogen-bond acceptors (Lipinski definition) is 3. The van der Waals surface area contributed by atoms with E-state index in [-0.39, 0.29) is 55.0 Å². The van der Waals surface area contributed by atoms with Crippen molar-refractivity contribution in [3.8, 4) is 11.5 Å². The van der Waals surface area contributed by atoms with Gasteiger partial charge in [0.1, 0.15) is 0 Å². The Hall–Kier alpha value is -0.116. The van der Waals surface area contributed by atoms with Gasteiger partial charge in [-0.25, -0.2) is 0 Å². The van der Waals surface area contributed by atoms with Crippen LogP contribution in [0.2, 0.25) is 0 Å². The number of hydrogen-bond donors (Lipinski definition) is 0. The predicted octanol–water partition coefficient (Wildman–Crippen LogP) is 5.94. The van der Waals surface area contributed by atoms with Crippen molar-refractivity contribution in [3.05, 3.63) is 23.8 Å². The van der Waals surface area contributed by atoms with E-state index in [1.54, 1.807) is 0 Å². The van der Waals surface area contributed by atoms with Crippen LogP contribution in [-0.2, 0) is 32.7 Å². The van der Waals surface area contributed by atoms with Crippen LogP contribution in [0, 0.1) is 0 Å². The summed E-state index contributed by atoms with van der Waals surface area (Å²) < 4.78 is 10.5. The summed E-state index contributed by atoms with van der Waals surface area (Å²) in [7, 11) is 0. The Labute approximate surface area is 176 Å². The summed E-state index contributed by atoms with van der Waals surface area (Å²) in [6.45, 7) is 11.9. The van der Waals surface area contributed by atoms with Gasteiger partial charge in [0.15, 0.2) is 11.5 Å². The van der Waals surface area contributed by atoms with Gasteiger partial charge in [0.05, 0.1) is 0 Å². The Bertz CT molecular complexity index is 430. The Balaban J connectivity index is -0.000000332. The van der Waals surface area contributed by atoms with Gasteiger partial charge < -0.3 is 14.4 Å². The molecular formula is C20H39NO2Y. The van der Waals surface area contributed by atoms with Crippen molar-refractivity contribution in [2.75, 3.05) is 19.9 Å². The molecule has 3 rings (SSSR count). The topological polar surface area (TPSA) is 21.7 Å². The molecule has 2 aliphatic heterocycles. The third kappa shape index (κ3) is 8.31. The fourth-order valence-corrected chi connectivity index (χ4v) is 2.53. The summed E-state index contributed by atoms with van der Waals surface area (Å²) >= 11 is 0. The van der Waals surface area contributed by atoms with Crippen molar-refractivity contribution in [3.63, 3.8) is 0 Å². The molecule has 2 heterocycles. The van der Waals surface area contributed by atoms with E-state index in [4.69, 9.17) is 9.47 Å². The molecule has 0 unspecified atom stereocenters. The van der Waals surface area contributed by atoms with Crippen LogP contribution in [0.5, 0.6) is 11.5 Å². The zero-order chi connectivity index (χ0) is 14.5. The van der Waals surface area contributed by atoms with Crippen LogP contribution < -0.4 is 9.47 Å². The van der Waals surface area contributed by atoms with Gasteiger partial charge in [-0.05, 0) is 63.4 Å². The normalized spacial score (nSPS) is 14.6. The average molecular weight is 414 g/mol. The second kappa shape index (κ2) is 14.1. The standard InChI is InChI=1S/C10H12O2.C7H15N.3CH4.Y/c1-7(2)8-3-4-9-10(5-8)12-6-11-9;1-7(2)8-5-3-4-6-8;;;;/h3-5,7H,6H2,1-2H3;7H,3-6H2,1-2H3;3*1H4;. The summed E-state index contributed by atoms with van der Waals surface area (Å²) in [4.78, 5) is 2.53. The molecule has 0 atom stereocenters. The SMILES string of the molecule is C.C.C.CC(C)N1CCCC1.CC(C)c1ccc2c(c1)OCO2.[Y]. The van der Waals surface area contributed by atoms with E-state index in [1.165, 1.54) is 31.5 Å². The molecule has 24 heavy (non-hydrogen) atoms. The Morgan fingerprint density at radius 1 is 0.875 bits per heavy atom. The summed E-state index contributed by atoms with van der Waals surface area (Å²) in [6.07, 6.45) is 2.83. The van der Waals surface area contributed by atoms with E-state index < -0.39 is 0 Å². The van der Waals surface area contributed by atoms with Gasteiger partial charge in [-0.1, -0.05) is 42.2 Å². The van der Waals surface area contributed by atoms with E-state index in [1.807, 2.05) is 12.1 Å². The molecule has 0 aliphatic carbocycles. The van der Waals surface area contributed by atoms with E-state index in [9.17, 15) is 0 Å². The van der Waals surface area contributed by atoms with Crippen LogP contribution in [0.25, 0.3) is 0 Å². The first kappa shape index (κ1) is 28.7. The molecule has 139 valence electrons. The van der Waals surface area contributed by atoms with Crippen LogP contribution in [0.1, 0.15) is 74.3 Å². The molecule has 0 amide bonds. The van der Waals surface area contributed by atoms with Gasteiger partial charge >= 0.3 is 0 Å². The minimum absolute atomic E-state index is 0. The summed E-state index contributed by atoms with van der Waals surface area (Å²) in [5.74, 6) is 2.28. The molecule has 0 saturated carbocycles. The molecule has 3 nitrogen and oxygen atoms in total. The van der Waals surface area contributed by atoms with Gasteiger partial charge in [0.25, 0.3) is 0 Å². The molecule has 0 bridgehead atoms. The van der Waals surface area contributed by atoms with Crippen LogP contribution in [-0.4, -0.2) is 30.8 Å². The van der Waals surface area contributed by atoms with E-state index in [0.29, 0.717) is 12.7 Å². The van der Waals surface area contributed by atoms with E-state index >= 15 is 0 Å². The Morgan fingerprint density at radius 2 is 1.42 bits per heavy atom. The third-order valence-corrected chi connectivity index (χ3v) is 3.93. The number of nitrogens with zero attached hydrogens (tertiary/aromatic N) is 1. The van der Waals surface area contributed by atoms with Crippen molar-refractivity contribution in [2.24, 2.45) is 0 Å². The van der Waals surface area contributed by atoms with Gasteiger partial charge in [-0.2, -0.15) is 0 Å². The monoisotopic (exact) mass is 414 g/mol. The van der Waals surface area contributed by atoms with Crippen LogP contribution in [0.3, 0.4) is 0 Å². The third-order valence-electron chi connectivity index (χ3n) is 3.93. The molecule has 2 aliphatic rings. The average Bonchev–Trinajstić information content (AvgIpc) is 3.10. The second-order valence-corrected chi connectivity index (χ2v) is 6.10. The molecule has 1 radical (unpaired) electrons. The zero-order valence-corrected chi connectivity index (χ0v) is 16.6. The minimum Gasteiger partial charge on any atom is -0.454 e. The number of benzene rings is 1. The van der Waals surface area contributed by atoms with Crippen molar-refractivity contribution in [1.29, 1.82) is 0 Å². The first-order valence-electron chi connectivity index (χ1n) is 7.71. The summed E-state index contributed by atoms with van der Waals surface area (Å²) in [5, 5.41) is 0. The van der Waals surface area contributed by atoms with Crippen LogP contribution in [0.4, 0.5) is 0 Å². The summed E-state index contributed by atoms with van der Waals surface area (Å²) in [5.41, 5.74) is 1.29. The number of fused-ring (bicyclic) bond motifs is 1. The van der Waals surface area contributed by atoms with Crippen molar-refractivity contribution >= 4 is 0 Å². The number of rotatable bonds is 2. The first-order valence-corrected chi connectivity index (χ1v) is 7.71. The largest absolute Gasteiger partial charge is 0.454 e. The van der Waals surface area contributed by atoms with Gasteiger partial charge in [-0.3, -0.25) is 0 Å². The molecule has 1 aromatic rings. The van der Waals surface area contributed by atoms with Gasteiger partial charge in [0, 0.05) is 38.8 Å². The molecule has 0 N–H and O–H groups in total. The number of likely N-dealkylation sites (tertiary alicyclic amines) is 1. The Kier molecular flexibility index (Phi) is 16.8. The Morgan fingerprint density at radius 3 is 1.88 bits per heavy atom. The maximum Gasteiger partial charge on any atom is 0.231 e. The fraction of sp³-hybridized carbons (Fsp3) is 0.700. The maximum absolute atomic E-state index is 5.27. The van der Waals surface area contributed by atoms with Crippen molar-refractivity contribution in [2.45, 2.75) is 74.8 Å². The maximum atomic E-state index is 5.27. The minimum atomic E-state index is 0. The molecule has 1 saturated heterocycles. The molecule has 0 spiro atoms. The first-order chi connectivity index (χ1) is 9.58. The smallest absolute Gasteiger partial charge is 0.231 e. The van der Waals surface area contributed by atoms with Gasteiger partial charge in [-0.15, -0.1) is 0 Å². The van der Waals surface area contributed by atoms with Gasteiger partial charge in [0.2, 0.25) is 6.79 Å². The molecule has 1 aromatic carbocycles. The molecular weight excluding hydrogens is 375 g/mol. The second-order valence-electron chi connectivity index (χ2n) is 6.10. The van der Waals surface area contributed by atoms with Crippen LogP contribution in [0.15, 0.2) is 18.2 Å². The fourth-order valence-electron chi connectivity index (χ4n) is 2.53. The molecule has 1 fully saturated rings. The van der Waals surface area contributed by atoms with Crippen molar-refractivity contribution < 1.29 is 42.2 Å². The number of ether oxygens (including phenoxy) is 2. The van der Waals surface area contributed by atoms with Crippen LogP contribution >= 0.6 is 0 Å². The molecule has 0 aromatic heterocycles. The van der Waals surface area contributed by atoms with Crippen molar-refractivity contribution in [1.82, 2.24) is 4.90 Å². The van der Waals surface area contributed by atoms with E-state index in [0.717, 1.165) is 17.5 Å².